The molecule has 1 aliphatic heterocycles. The molecule has 16 heavy (non-hydrogen) atoms. The standard InChI is InChI=1S/C11H21F3N2/c1-3-10(4-2)9-16(8-6-15-10)7-5-11(12,13)14/h15H,3-9H2,1-2H3. The Morgan fingerprint density at radius 3 is 2.38 bits per heavy atom. The lowest BCUT2D eigenvalue weighted by Gasteiger charge is -2.43. The minimum Gasteiger partial charge on any atom is -0.309 e. The maximum Gasteiger partial charge on any atom is 0.390 e. The topological polar surface area (TPSA) is 15.3 Å². The summed E-state index contributed by atoms with van der Waals surface area (Å²) >= 11 is 0. The minimum absolute atomic E-state index is 0.0177. The fourth-order valence-electron chi connectivity index (χ4n) is 2.24. The number of hydrogen-bond acceptors (Lipinski definition) is 2. The van der Waals surface area contributed by atoms with Gasteiger partial charge in [-0.1, -0.05) is 13.8 Å². The molecule has 0 amide bonds. The zero-order chi connectivity index (χ0) is 12.2. The van der Waals surface area contributed by atoms with Gasteiger partial charge in [0.2, 0.25) is 0 Å². The lowest BCUT2D eigenvalue weighted by atomic mass is 9.90. The molecule has 1 N–H and O–H groups in total. The van der Waals surface area contributed by atoms with Crippen LogP contribution in [0.1, 0.15) is 33.1 Å². The van der Waals surface area contributed by atoms with Crippen LogP contribution in [0.4, 0.5) is 13.2 Å². The van der Waals surface area contributed by atoms with Crippen molar-refractivity contribution in [2.75, 3.05) is 26.2 Å². The van der Waals surface area contributed by atoms with Crippen molar-refractivity contribution >= 4 is 0 Å². The van der Waals surface area contributed by atoms with Crippen molar-refractivity contribution in [3.63, 3.8) is 0 Å². The maximum atomic E-state index is 12.1. The summed E-state index contributed by atoms with van der Waals surface area (Å²) in [5, 5.41) is 3.44. The number of halogens is 3. The van der Waals surface area contributed by atoms with E-state index in [0.717, 1.165) is 32.5 Å². The summed E-state index contributed by atoms with van der Waals surface area (Å²) in [6.07, 6.45) is -2.81. The zero-order valence-corrected chi connectivity index (χ0v) is 10.0. The number of nitrogens with zero attached hydrogens (tertiary/aromatic N) is 1. The Hall–Kier alpha value is -0.290. The minimum atomic E-state index is -4.04. The third-order valence-corrected chi connectivity index (χ3v) is 3.52. The summed E-state index contributed by atoms with van der Waals surface area (Å²) in [6, 6.07) is 0. The van der Waals surface area contributed by atoms with E-state index in [4.69, 9.17) is 0 Å². The third-order valence-electron chi connectivity index (χ3n) is 3.52. The highest BCUT2D eigenvalue weighted by atomic mass is 19.4. The van der Waals surface area contributed by atoms with Crippen LogP contribution < -0.4 is 5.32 Å². The van der Waals surface area contributed by atoms with Gasteiger partial charge >= 0.3 is 6.18 Å². The smallest absolute Gasteiger partial charge is 0.309 e. The molecule has 0 atom stereocenters. The SMILES string of the molecule is CCC1(CC)CN(CCC(F)(F)F)CCN1. The summed E-state index contributed by atoms with van der Waals surface area (Å²) in [5.41, 5.74) is 0.0177. The number of piperazine rings is 1. The van der Waals surface area contributed by atoms with E-state index in [1.165, 1.54) is 0 Å². The van der Waals surface area contributed by atoms with E-state index in [2.05, 4.69) is 19.2 Å². The molecule has 96 valence electrons. The summed E-state index contributed by atoms with van der Waals surface area (Å²) < 4.78 is 36.4. The van der Waals surface area contributed by atoms with Crippen LogP contribution in [0, 0.1) is 0 Å². The van der Waals surface area contributed by atoms with E-state index >= 15 is 0 Å². The molecule has 1 saturated heterocycles. The van der Waals surface area contributed by atoms with Crippen molar-refractivity contribution in [2.24, 2.45) is 0 Å². The Morgan fingerprint density at radius 2 is 1.88 bits per heavy atom. The zero-order valence-electron chi connectivity index (χ0n) is 10.0. The van der Waals surface area contributed by atoms with Gasteiger partial charge in [-0.3, -0.25) is 4.90 Å². The van der Waals surface area contributed by atoms with Crippen molar-refractivity contribution in [1.29, 1.82) is 0 Å². The molecule has 1 heterocycles. The lowest BCUT2D eigenvalue weighted by molar-refractivity contribution is -0.139. The molecule has 0 aromatic carbocycles. The van der Waals surface area contributed by atoms with Gasteiger partial charge in [-0.25, -0.2) is 0 Å². The molecule has 1 fully saturated rings. The Labute approximate surface area is 95.2 Å². The first-order valence-electron chi connectivity index (χ1n) is 5.95. The molecular formula is C11H21F3N2. The summed E-state index contributed by atoms with van der Waals surface area (Å²) in [7, 11) is 0. The Morgan fingerprint density at radius 1 is 1.25 bits per heavy atom. The van der Waals surface area contributed by atoms with Crippen LogP contribution in [0.15, 0.2) is 0 Å². The van der Waals surface area contributed by atoms with Gasteiger partial charge in [-0.2, -0.15) is 13.2 Å². The van der Waals surface area contributed by atoms with Gasteiger partial charge in [-0.15, -0.1) is 0 Å². The first-order chi connectivity index (χ1) is 7.41. The predicted octanol–water partition coefficient (Wildman–Crippen LogP) is 2.40. The van der Waals surface area contributed by atoms with E-state index in [-0.39, 0.29) is 12.1 Å². The van der Waals surface area contributed by atoms with Crippen molar-refractivity contribution in [2.45, 2.75) is 44.8 Å². The maximum absolute atomic E-state index is 12.1. The van der Waals surface area contributed by atoms with Crippen molar-refractivity contribution in [1.82, 2.24) is 10.2 Å². The molecule has 0 aromatic heterocycles. The molecule has 5 heteroatoms. The highest BCUT2D eigenvalue weighted by Crippen LogP contribution is 2.23. The second-order valence-corrected chi connectivity index (χ2v) is 4.56. The number of alkyl halides is 3. The quantitative estimate of drug-likeness (QED) is 0.809. The molecular weight excluding hydrogens is 217 g/mol. The molecule has 2 nitrogen and oxygen atoms in total. The van der Waals surface area contributed by atoms with Gasteiger partial charge in [0.1, 0.15) is 0 Å². The summed E-state index contributed by atoms with van der Waals surface area (Å²) in [4.78, 5) is 1.93. The van der Waals surface area contributed by atoms with Gasteiger partial charge in [0.25, 0.3) is 0 Å². The van der Waals surface area contributed by atoms with Gasteiger partial charge < -0.3 is 5.32 Å². The molecule has 0 unspecified atom stereocenters. The first-order valence-corrected chi connectivity index (χ1v) is 5.95. The van der Waals surface area contributed by atoms with E-state index < -0.39 is 12.6 Å². The highest BCUT2D eigenvalue weighted by Gasteiger charge is 2.34. The van der Waals surface area contributed by atoms with Gasteiger partial charge in [-0.05, 0) is 12.8 Å². The molecule has 1 rings (SSSR count). The van der Waals surface area contributed by atoms with E-state index in [9.17, 15) is 13.2 Å². The Balaban J connectivity index is 2.44. The van der Waals surface area contributed by atoms with Crippen LogP contribution in [-0.4, -0.2) is 42.8 Å². The lowest BCUT2D eigenvalue weighted by Crippen LogP contribution is -2.60. The van der Waals surface area contributed by atoms with Crippen LogP contribution in [0.25, 0.3) is 0 Å². The monoisotopic (exact) mass is 238 g/mol. The second-order valence-electron chi connectivity index (χ2n) is 4.56. The van der Waals surface area contributed by atoms with Crippen LogP contribution in [0.2, 0.25) is 0 Å². The molecule has 0 aromatic rings. The van der Waals surface area contributed by atoms with Crippen molar-refractivity contribution in [3.05, 3.63) is 0 Å². The van der Waals surface area contributed by atoms with E-state index in [1.54, 1.807) is 0 Å². The largest absolute Gasteiger partial charge is 0.390 e. The normalized spacial score (nSPS) is 22.3. The van der Waals surface area contributed by atoms with Crippen LogP contribution in [0.5, 0.6) is 0 Å². The molecule has 0 saturated carbocycles. The number of nitrogens with one attached hydrogen (secondary N) is 1. The van der Waals surface area contributed by atoms with Gasteiger partial charge in [0, 0.05) is 31.7 Å². The van der Waals surface area contributed by atoms with E-state index in [0.29, 0.717) is 0 Å². The van der Waals surface area contributed by atoms with E-state index in [1.807, 2.05) is 4.90 Å². The van der Waals surface area contributed by atoms with Crippen LogP contribution >= 0.6 is 0 Å². The summed E-state index contributed by atoms with van der Waals surface area (Å²) in [6.45, 7) is 6.55. The second kappa shape index (κ2) is 5.36. The predicted molar refractivity (Wildman–Crippen MR) is 58.4 cm³/mol. The number of rotatable bonds is 4. The summed E-state index contributed by atoms with van der Waals surface area (Å²) in [5.74, 6) is 0. The average molecular weight is 238 g/mol. The molecule has 0 radical (unpaired) electrons. The van der Waals surface area contributed by atoms with Crippen molar-refractivity contribution < 1.29 is 13.2 Å². The third kappa shape index (κ3) is 3.94. The van der Waals surface area contributed by atoms with Crippen LogP contribution in [0.3, 0.4) is 0 Å². The molecule has 0 bridgehead atoms. The average Bonchev–Trinajstić information content (AvgIpc) is 2.26. The highest BCUT2D eigenvalue weighted by molar-refractivity contribution is 4.92. The van der Waals surface area contributed by atoms with Gasteiger partial charge in [0.15, 0.2) is 0 Å². The fraction of sp³-hybridized carbons (Fsp3) is 1.00. The van der Waals surface area contributed by atoms with Crippen molar-refractivity contribution in [3.8, 4) is 0 Å². The van der Waals surface area contributed by atoms with Crippen LogP contribution in [-0.2, 0) is 0 Å². The fourth-order valence-corrected chi connectivity index (χ4v) is 2.24. The Bertz CT molecular complexity index is 212. The molecule has 0 aliphatic carbocycles. The first kappa shape index (κ1) is 13.8. The molecule has 1 aliphatic rings. The molecule has 0 spiro atoms. The van der Waals surface area contributed by atoms with Gasteiger partial charge in [0.05, 0.1) is 6.42 Å². The number of hydrogen-bond donors (Lipinski definition) is 1. The Kier molecular flexibility index (Phi) is 4.62.